The zero-order valence-electron chi connectivity index (χ0n) is 15.8. The zero-order chi connectivity index (χ0) is 19.9. The fraction of sp³-hybridized carbons (Fsp3) is 0.381. The van der Waals surface area contributed by atoms with Crippen LogP contribution in [0, 0.1) is 17.2 Å². The summed E-state index contributed by atoms with van der Waals surface area (Å²) in [7, 11) is 1.56. The van der Waals surface area contributed by atoms with Gasteiger partial charge in [0.15, 0.2) is 0 Å². The van der Waals surface area contributed by atoms with Crippen molar-refractivity contribution >= 4 is 29.0 Å². The maximum absolute atomic E-state index is 12.4. The van der Waals surface area contributed by atoms with Crippen molar-refractivity contribution in [3.63, 3.8) is 0 Å². The summed E-state index contributed by atoms with van der Waals surface area (Å²) in [6.07, 6.45) is 5.03. The Morgan fingerprint density at radius 3 is 3.07 bits per heavy atom. The molecular formula is C21H23ClN4O2. The molecule has 0 saturated carbocycles. The van der Waals surface area contributed by atoms with E-state index in [1.807, 2.05) is 6.07 Å². The number of amides is 1. The van der Waals surface area contributed by atoms with Crippen molar-refractivity contribution in [2.24, 2.45) is 5.92 Å². The average molecular weight is 399 g/mol. The first-order valence-electron chi connectivity index (χ1n) is 9.33. The second-order valence-electron chi connectivity index (χ2n) is 6.90. The lowest BCUT2D eigenvalue weighted by molar-refractivity contribution is -0.116. The number of nitrogens with one attached hydrogen (secondary N) is 1. The molecule has 2 heterocycles. The maximum Gasteiger partial charge on any atom is 0.224 e. The third kappa shape index (κ3) is 5.14. The van der Waals surface area contributed by atoms with E-state index in [0.717, 1.165) is 38.2 Å². The van der Waals surface area contributed by atoms with Gasteiger partial charge in [-0.3, -0.25) is 4.79 Å². The van der Waals surface area contributed by atoms with Crippen molar-refractivity contribution < 1.29 is 9.53 Å². The molecule has 7 heteroatoms. The van der Waals surface area contributed by atoms with Gasteiger partial charge in [0.1, 0.15) is 11.6 Å². The Bertz CT molecular complexity index is 881. The van der Waals surface area contributed by atoms with Crippen LogP contribution in [0.5, 0.6) is 5.75 Å². The Hall–Kier alpha value is -2.78. The number of anilines is 2. The predicted octanol–water partition coefficient (Wildman–Crippen LogP) is 4.25. The van der Waals surface area contributed by atoms with Crippen LogP contribution in [0.3, 0.4) is 0 Å². The Kier molecular flexibility index (Phi) is 6.72. The molecule has 1 fully saturated rings. The number of carbonyl (C=O) groups excluding carboxylic acids is 1. The third-order valence-electron chi connectivity index (χ3n) is 4.93. The molecular weight excluding hydrogens is 376 g/mol. The highest BCUT2D eigenvalue weighted by Crippen LogP contribution is 2.29. The molecule has 1 saturated heterocycles. The van der Waals surface area contributed by atoms with Gasteiger partial charge in [0, 0.05) is 30.7 Å². The van der Waals surface area contributed by atoms with Gasteiger partial charge >= 0.3 is 0 Å². The highest BCUT2D eigenvalue weighted by atomic mass is 35.5. The molecule has 3 rings (SSSR count). The molecule has 2 aromatic rings. The van der Waals surface area contributed by atoms with Crippen molar-refractivity contribution in [2.45, 2.75) is 25.7 Å². The molecule has 0 radical (unpaired) electrons. The molecule has 0 aliphatic carbocycles. The highest BCUT2D eigenvalue weighted by molar-refractivity contribution is 6.31. The number of hydrogen-bond donors (Lipinski definition) is 1. The van der Waals surface area contributed by atoms with Crippen molar-refractivity contribution in [3.8, 4) is 11.8 Å². The topological polar surface area (TPSA) is 78.2 Å². The Morgan fingerprint density at radius 2 is 2.29 bits per heavy atom. The van der Waals surface area contributed by atoms with Gasteiger partial charge in [0.25, 0.3) is 0 Å². The van der Waals surface area contributed by atoms with E-state index < -0.39 is 0 Å². The normalized spacial score (nSPS) is 16.3. The number of nitrogens with zero attached hydrogens (tertiary/aromatic N) is 3. The number of halogens is 1. The SMILES string of the molecule is COc1ccc(Cl)cc1NC(=O)CC[C@@H]1CCCN(c2cc(C#N)ccn2)C1. The Morgan fingerprint density at radius 1 is 1.43 bits per heavy atom. The fourth-order valence-corrected chi connectivity index (χ4v) is 3.67. The van der Waals surface area contributed by atoms with Crippen molar-refractivity contribution in [3.05, 3.63) is 47.1 Å². The van der Waals surface area contributed by atoms with E-state index in [0.29, 0.717) is 34.4 Å². The summed E-state index contributed by atoms with van der Waals surface area (Å²) in [6, 6.07) is 10.8. The molecule has 6 nitrogen and oxygen atoms in total. The number of methoxy groups -OCH3 is 1. The third-order valence-corrected chi connectivity index (χ3v) is 5.17. The van der Waals surface area contributed by atoms with Crippen molar-refractivity contribution in [2.75, 3.05) is 30.4 Å². The van der Waals surface area contributed by atoms with Crippen LogP contribution in [0.1, 0.15) is 31.2 Å². The van der Waals surface area contributed by atoms with Gasteiger partial charge in [0.05, 0.1) is 24.4 Å². The van der Waals surface area contributed by atoms with Crippen LogP contribution in [0.2, 0.25) is 5.02 Å². The van der Waals surface area contributed by atoms with Crippen LogP contribution >= 0.6 is 11.6 Å². The van der Waals surface area contributed by atoms with Gasteiger partial charge < -0.3 is 15.0 Å². The summed E-state index contributed by atoms with van der Waals surface area (Å²) in [5, 5.41) is 12.5. The molecule has 1 amide bonds. The first-order valence-corrected chi connectivity index (χ1v) is 9.71. The molecule has 1 aromatic heterocycles. The largest absolute Gasteiger partial charge is 0.495 e. The average Bonchev–Trinajstić information content (AvgIpc) is 2.73. The van der Waals surface area contributed by atoms with Crippen LogP contribution in [0.25, 0.3) is 0 Å². The summed E-state index contributed by atoms with van der Waals surface area (Å²) in [6.45, 7) is 1.76. The minimum Gasteiger partial charge on any atom is -0.495 e. The number of aromatic nitrogens is 1. The second kappa shape index (κ2) is 9.43. The minimum atomic E-state index is -0.0534. The van der Waals surface area contributed by atoms with Gasteiger partial charge in [0.2, 0.25) is 5.91 Å². The van der Waals surface area contributed by atoms with E-state index in [1.54, 1.807) is 37.6 Å². The standard InChI is InChI=1S/C21H23ClN4O2/c1-28-19-6-5-17(22)12-18(19)25-21(27)7-4-15-3-2-10-26(14-15)20-11-16(13-23)8-9-24-20/h5-6,8-9,11-12,15H,2-4,7,10,14H2,1H3,(H,25,27)/t15-/m0/s1. The number of carbonyl (C=O) groups is 1. The lowest BCUT2D eigenvalue weighted by Gasteiger charge is -2.33. The van der Waals surface area contributed by atoms with Gasteiger partial charge in [-0.05, 0) is 55.5 Å². The van der Waals surface area contributed by atoms with E-state index in [-0.39, 0.29) is 5.91 Å². The first kappa shape index (κ1) is 20.0. The lowest BCUT2D eigenvalue weighted by atomic mass is 9.93. The van der Waals surface area contributed by atoms with Crippen LogP contribution in [-0.2, 0) is 4.79 Å². The van der Waals surface area contributed by atoms with E-state index in [9.17, 15) is 4.79 Å². The molecule has 1 aliphatic heterocycles. The molecule has 1 atom stereocenters. The number of pyridine rings is 1. The van der Waals surface area contributed by atoms with Crippen LogP contribution in [-0.4, -0.2) is 31.1 Å². The molecule has 146 valence electrons. The number of benzene rings is 1. The molecule has 1 N–H and O–H groups in total. The van der Waals surface area contributed by atoms with Gasteiger partial charge in [-0.1, -0.05) is 11.6 Å². The summed E-state index contributed by atoms with van der Waals surface area (Å²) < 4.78 is 5.27. The molecule has 0 unspecified atom stereocenters. The number of rotatable bonds is 6. The molecule has 0 spiro atoms. The number of ether oxygens (including phenoxy) is 1. The Labute approximate surface area is 170 Å². The number of nitriles is 1. The number of piperidine rings is 1. The quantitative estimate of drug-likeness (QED) is 0.786. The van der Waals surface area contributed by atoms with Gasteiger partial charge in [-0.2, -0.15) is 5.26 Å². The summed E-state index contributed by atoms with van der Waals surface area (Å²) >= 11 is 6.01. The number of hydrogen-bond acceptors (Lipinski definition) is 5. The second-order valence-corrected chi connectivity index (χ2v) is 7.34. The Balaban J connectivity index is 1.55. The molecule has 1 aliphatic rings. The summed E-state index contributed by atoms with van der Waals surface area (Å²) in [4.78, 5) is 19.0. The first-order chi connectivity index (χ1) is 13.6. The maximum atomic E-state index is 12.4. The zero-order valence-corrected chi connectivity index (χ0v) is 16.6. The highest BCUT2D eigenvalue weighted by Gasteiger charge is 2.22. The molecule has 28 heavy (non-hydrogen) atoms. The van der Waals surface area contributed by atoms with Gasteiger partial charge in [-0.15, -0.1) is 0 Å². The van der Waals surface area contributed by atoms with Crippen LogP contribution in [0.15, 0.2) is 36.5 Å². The smallest absolute Gasteiger partial charge is 0.224 e. The van der Waals surface area contributed by atoms with E-state index in [4.69, 9.17) is 21.6 Å². The van der Waals surface area contributed by atoms with E-state index in [2.05, 4.69) is 21.3 Å². The molecule has 0 bridgehead atoms. The lowest BCUT2D eigenvalue weighted by Crippen LogP contribution is -2.36. The fourth-order valence-electron chi connectivity index (χ4n) is 3.50. The van der Waals surface area contributed by atoms with E-state index >= 15 is 0 Å². The van der Waals surface area contributed by atoms with Crippen LogP contribution < -0.4 is 15.0 Å². The van der Waals surface area contributed by atoms with Crippen LogP contribution in [0.4, 0.5) is 11.5 Å². The van der Waals surface area contributed by atoms with E-state index in [1.165, 1.54) is 0 Å². The molecule has 1 aromatic carbocycles. The van der Waals surface area contributed by atoms with Gasteiger partial charge in [-0.25, -0.2) is 4.98 Å². The summed E-state index contributed by atoms with van der Waals surface area (Å²) in [5.74, 6) is 1.78. The monoisotopic (exact) mass is 398 g/mol. The predicted molar refractivity (Wildman–Crippen MR) is 110 cm³/mol. The van der Waals surface area contributed by atoms with Crippen molar-refractivity contribution in [1.29, 1.82) is 5.26 Å². The minimum absolute atomic E-state index is 0.0534. The van der Waals surface area contributed by atoms with Crippen molar-refractivity contribution in [1.82, 2.24) is 4.98 Å². The summed E-state index contributed by atoms with van der Waals surface area (Å²) in [5.41, 5.74) is 1.20.